The summed E-state index contributed by atoms with van der Waals surface area (Å²) in [6.07, 6.45) is 3.62. The molecule has 0 spiro atoms. The molecule has 3 aromatic rings. The third-order valence-corrected chi connectivity index (χ3v) is 8.44. The molecule has 5 heterocycles. The topological polar surface area (TPSA) is 176 Å². The number of carboxylic acids is 1. The maximum Gasteiger partial charge on any atom is 0.352 e. The molecule has 0 unspecified atom stereocenters. The van der Waals surface area contributed by atoms with Gasteiger partial charge in [-0.15, -0.1) is 23.1 Å². The Hall–Kier alpha value is -3.95. The van der Waals surface area contributed by atoms with Gasteiger partial charge in [-0.2, -0.15) is 4.57 Å². The molecule has 0 aliphatic carbocycles. The minimum absolute atomic E-state index is 0.0829. The zero-order valence-electron chi connectivity index (χ0n) is 20.3. The minimum atomic E-state index is -1.22. The second-order valence-corrected chi connectivity index (χ2v) is 10.6. The molecule has 2 atom stereocenters. The molecule has 0 aromatic carbocycles. The van der Waals surface area contributed by atoms with Crippen molar-refractivity contribution in [1.29, 1.82) is 0 Å². The Morgan fingerprint density at radius 3 is 2.84 bits per heavy atom. The number of nitrogens with one attached hydrogen (secondary N) is 1. The van der Waals surface area contributed by atoms with Gasteiger partial charge >= 0.3 is 5.97 Å². The number of oxime groups is 1. The van der Waals surface area contributed by atoms with Crippen molar-refractivity contribution in [1.82, 2.24) is 19.6 Å². The lowest BCUT2D eigenvalue weighted by molar-refractivity contribution is -0.694. The molecule has 13 nitrogen and oxygen atoms in total. The van der Waals surface area contributed by atoms with Gasteiger partial charge in [0, 0.05) is 29.3 Å². The molecular formula is C23H24N7O6S2+. The van der Waals surface area contributed by atoms with Crippen LogP contribution in [-0.4, -0.2) is 72.3 Å². The normalized spacial score (nSPS) is 19.4. The molecule has 2 aliphatic rings. The molecule has 1 saturated heterocycles. The summed E-state index contributed by atoms with van der Waals surface area (Å²) in [5.41, 5.74) is 8.72. The number of β-lactam (4-membered cyclic amide) rings is 1. The molecule has 0 radical (unpaired) electrons. The highest BCUT2D eigenvalue weighted by Gasteiger charge is 2.55. The van der Waals surface area contributed by atoms with E-state index in [1.54, 1.807) is 5.38 Å². The van der Waals surface area contributed by atoms with E-state index in [1.165, 1.54) is 23.8 Å². The second-order valence-electron chi connectivity index (χ2n) is 8.56. The van der Waals surface area contributed by atoms with Crippen molar-refractivity contribution in [3.05, 3.63) is 58.3 Å². The number of hydrogen-bond acceptors (Lipinski definition) is 10. The Labute approximate surface area is 224 Å². The number of thioether (sulfide) groups is 1. The quantitative estimate of drug-likeness (QED) is 0.127. The number of nitrogens with zero attached hydrogens (tertiary/aromatic N) is 5. The van der Waals surface area contributed by atoms with Gasteiger partial charge in [-0.1, -0.05) is 5.16 Å². The standard InChI is InChI=1S/C23H23N7O6S2/c1-11-15-4-3-13(8-31)29(15)6-5-28(11)7-12-9-37-21-17(20(33)30(21)18(12)22(34)35)26-19(32)16(27-36-2)14-10-38-23(24)25-14/h3-6,10,17,21,31H,7-9H2,1-2H3,(H3-,24,25,26,32,34,35)/p+1/b27-16-/t17-,21-/m1/s1. The Bertz CT molecular complexity index is 1530. The number of rotatable bonds is 8. The lowest BCUT2D eigenvalue weighted by atomic mass is 10.0. The number of fused-ring (bicyclic) bond motifs is 2. The van der Waals surface area contributed by atoms with Crippen molar-refractivity contribution in [2.75, 3.05) is 18.6 Å². The van der Waals surface area contributed by atoms with Gasteiger partial charge in [0.05, 0.1) is 12.8 Å². The van der Waals surface area contributed by atoms with Crippen molar-refractivity contribution in [2.45, 2.75) is 31.5 Å². The number of anilines is 1. The van der Waals surface area contributed by atoms with Crippen LogP contribution in [0.1, 0.15) is 17.1 Å². The van der Waals surface area contributed by atoms with Crippen molar-refractivity contribution in [2.24, 2.45) is 5.16 Å². The average molecular weight is 559 g/mol. The van der Waals surface area contributed by atoms with Crippen molar-refractivity contribution >= 4 is 57.2 Å². The monoisotopic (exact) mass is 558 g/mol. The van der Waals surface area contributed by atoms with Gasteiger partial charge in [-0.3, -0.25) is 14.5 Å². The number of nitrogens with two attached hydrogens (primary N) is 1. The number of carbonyl (C=O) groups excluding carboxylic acids is 2. The minimum Gasteiger partial charge on any atom is -0.477 e. The molecule has 1 fully saturated rings. The lowest BCUT2D eigenvalue weighted by Gasteiger charge is -2.49. The van der Waals surface area contributed by atoms with E-state index in [9.17, 15) is 24.6 Å². The predicted octanol–water partition coefficient (Wildman–Crippen LogP) is -0.144. The molecular weight excluding hydrogens is 534 g/mol. The molecule has 2 amide bonds. The van der Waals surface area contributed by atoms with Crippen LogP contribution in [0.15, 0.2) is 46.3 Å². The van der Waals surface area contributed by atoms with E-state index in [4.69, 9.17) is 10.6 Å². The number of hydrogen-bond donors (Lipinski definition) is 4. The van der Waals surface area contributed by atoms with E-state index < -0.39 is 29.2 Å². The third kappa shape index (κ3) is 4.27. The highest BCUT2D eigenvalue weighted by Crippen LogP contribution is 2.40. The molecule has 3 aromatic heterocycles. The number of nitrogen functional groups attached to an aromatic ring is 1. The van der Waals surface area contributed by atoms with Crippen LogP contribution in [-0.2, 0) is 32.4 Å². The van der Waals surface area contributed by atoms with Crippen molar-refractivity contribution in [3.8, 4) is 0 Å². The summed E-state index contributed by atoms with van der Waals surface area (Å²) < 4.78 is 3.78. The van der Waals surface area contributed by atoms with Crippen molar-refractivity contribution in [3.63, 3.8) is 0 Å². The molecule has 15 heteroatoms. The number of aliphatic hydroxyl groups is 1. The zero-order chi connectivity index (χ0) is 27.1. The molecule has 5 N–H and O–H groups in total. The first-order valence-corrected chi connectivity index (χ1v) is 13.3. The number of aromatic nitrogens is 3. The fourth-order valence-electron chi connectivity index (χ4n) is 4.58. The number of amides is 2. The summed E-state index contributed by atoms with van der Waals surface area (Å²) in [5.74, 6) is -2.08. The van der Waals surface area contributed by atoms with Gasteiger partial charge in [0.15, 0.2) is 23.6 Å². The van der Waals surface area contributed by atoms with Crippen LogP contribution in [0.2, 0.25) is 0 Å². The van der Waals surface area contributed by atoms with E-state index in [0.29, 0.717) is 11.3 Å². The van der Waals surface area contributed by atoms with Gasteiger partial charge in [0.1, 0.15) is 35.4 Å². The van der Waals surface area contributed by atoms with Crippen molar-refractivity contribution < 1.29 is 34.0 Å². The van der Waals surface area contributed by atoms with Crippen LogP contribution in [0.25, 0.3) is 5.52 Å². The summed E-state index contributed by atoms with van der Waals surface area (Å²) in [6, 6.07) is 2.78. The number of aryl methyl sites for hydroxylation is 1. The van der Waals surface area contributed by atoms with Gasteiger partial charge in [-0.05, 0) is 12.1 Å². The summed E-state index contributed by atoms with van der Waals surface area (Å²) >= 11 is 2.50. The van der Waals surface area contributed by atoms with Gasteiger partial charge in [-0.25, -0.2) is 9.78 Å². The molecule has 0 bridgehead atoms. The van der Waals surface area contributed by atoms with E-state index >= 15 is 0 Å². The van der Waals surface area contributed by atoms with Crippen LogP contribution >= 0.6 is 23.1 Å². The Kier molecular flexibility index (Phi) is 6.81. The predicted molar refractivity (Wildman–Crippen MR) is 138 cm³/mol. The van der Waals surface area contributed by atoms with E-state index in [1.807, 2.05) is 40.4 Å². The number of carbonyl (C=O) groups is 3. The summed E-state index contributed by atoms with van der Waals surface area (Å²) in [6.45, 7) is 2.07. The smallest absolute Gasteiger partial charge is 0.352 e. The summed E-state index contributed by atoms with van der Waals surface area (Å²) in [4.78, 5) is 48.4. The highest BCUT2D eigenvalue weighted by atomic mass is 32.2. The fourth-order valence-corrected chi connectivity index (χ4v) is 6.46. The van der Waals surface area contributed by atoms with Gasteiger partial charge in [0.2, 0.25) is 5.69 Å². The number of aliphatic hydroxyl groups excluding tert-OH is 1. The van der Waals surface area contributed by atoms with Gasteiger partial charge in [0.25, 0.3) is 11.8 Å². The second kappa shape index (κ2) is 10.1. The molecule has 0 saturated carbocycles. The maximum atomic E-state index is 13.1. The number of thiazole rings is 1. The molecule has 198 valence electrons. The van der Waals surface area contributed by atoms with E-state index in [-0.39, 0.29) is 35.4 Å². The van der Waals surface area contributed by atoms with Crippen LogP contribution in [0.3, 0.4) is 0 Å². The Morgan fingerprint density at radius 1 is 1.39 bits per heavy atom. The van der Waals surface area contributed by atoms with Crippen LogP contribution < -0.4 is 15.6 Å². The summed E-state index contributed by atoms with van der Waals surface area (Å²) in [5, 5.41) is 27.1. The van der Waals surface area contributed by atoms with Crippen LogP contribution in [0.4, 0.5) is 5.13 Å². The molecule has 2 aliphatic heterocycles. The Balaban J connectivity index is 1.38. The first kappa shape index (κ1) is 25.7. The van der Waals surface area contributed by atoms with Gasteiger partial charge < -0.3 is 30.5 Å². The lowest BCUT2D eigenvalue weighted by Crippen LogP contribution is -2.71. The largest absolute Gasteiger partial charge is 0.477 e. The SMILES string of the molecule is CO/N=C(\C(=O)N[C@@H]1C(=O)N2C(C(=O)O)=C(C[n+]3ccn4c(CO)ccc4c3C)CS[C@H]12)c1csc(N)n1. The zero-order valence-corrected chi connectivity index (χ0v) is 22.0. The third-order valence-electron chi connectivity index (χ3n) is 6.42. The Morgan fingerprint density at radius 2 is 2.18 bits per heavy atom. The van der Waals surface area contributed by atoms with E-state index in [0.717, 1.165) is 28.2 Å². The van der Waals surface area contributed by atoms with Crippen LogP contribution in [0.5, 0.6) is 0 Å². The summed E-state index contributed by atoms with van der Waals surface area (Å²) in [7, 11) is 1.28. The average Bonchev–Trinajstić information content (AvgIpc) is 3.52. The number of aliphatic carboxylic acids is 1. The highest BCUT2D eigenvalue weighted by molar-refractivity contribution is 8.00. The first-order chi connectivity index (χ1) is 18.2. The molecule has 5 rings (SSSR count). The number of carboxylic acid groups (broad SMARTS) is 1. The molecule has 38 heavy (non-hydrogen) atoms. The maximum absolute atomic E-state index is 13.1. The van der Waals surface area contributed by atoms with Crippen LogP contribution in [0, 0.1) is 6.92 Å². The fraction of sp³-hybridized carbons (Fsp3) is 0.304. The van der Waals surface area contributed by atoms with E-state index in [2.05, 4.69) is 15.5 Å². The first-order valence-electron chi connectivity index (χ1n) is 11.4.